The Bertz CT molecular complexity index is 512. The maximum atomic E-state index is 10.7. The van der Waals surface area contributed by atoms with Crippen molar-refractivity contribution in [2.75, 3.05) is 5.75 Å². The van der Waals surface area contributed by atoms with Gasteiger partial charge in [-0.15, -0.1) is 0 Å². The summed E-state index contributed by atoms with van der Waals surface area (Å²) in [6, 6.07) is 4.62. The minimum absolute atomic E-state index is 0.00975. The molecule has 0 atom stereocenters. The summed E-state index contributed by atoms with van der Waals surface area (Å²) in [7, 11) is 1.49. The molecule has 88 valence electrons. The van der Waals surface area contributed by atoms with Gasteiger partial charge >= 0.3 is 0 Å². The molecule has 1 aromatic carbocycles. The molecule has 0 aliphatic rings. The third-order valence-electron chi connectivity index (χ3n) is 2.10. The molecule has 0 aliphatic carbocycles. The monoisotopic (exact) mass is 263 g/mol. The fraction of sp³-hybridized carbons (Fsp3) is 0.333. The standard InChI is InChI=1S/C9H10ClNO4S/c1-7-2-3-8(4-5-16(10,14)15)6-9(7)11(12)13/h2-3,6H,4-5H2,1H3. The molecule has 1 aromatic rings. The van der Waals surface area contributed by atoms with Crippen LogP contribution in [0.1, 0.15) is 11.1 Å². The molecule has 0 aliphatic heterocycles. The second kappa shape index (κ2) is 4.80. The number of halogens is 1. The summed E-state index contributed by atoms with van der Waals surface area (Å²) in [6.45, 7) is 1.63. The average Bonchev–Trinajstić information content (AvgIpc) is 2.14. The molecule has 0 spiro atoms. The second-order valence-corrected chi connectivity index (χ2v) is 6.27. The topological polar surface area (TPSA) is 77.3 Å². The number of nitro benzene ring substituents is 1. The molecule has 0 bridgehead atoms. The van der Waals surface area contributed by atoms with E-state index in [1.807, 2.05) is 0 Å². The fourth-order valence-electron chi connectivity index (χ4n) is 1.25. The molecule has 7 heteroatoms. The molecule has 0 amide bonds. The summed E-state index contributed by atoms with van der Waals surface area (Å²) in [6.07, 6.45) is 0.174. The van der Waals surface area contributed by atoms with Crippen molar-refractivity contribution >= 4 is 25.4 Å². The molecule has 5 nitrogen and oxygen atoms in total. The van der Waals surface area contributed by atoms with Crippen molar-refractivity contribution in [3.63, 3.8) is 0 Å². The van der Waals surface area contributed by atoms with Crippen molar-refractivity contribution in [3.05, 3.63) is 39.4 Å². The normalized spacial score (nSPS) is 11.4. The zero-order valence-electron chi connectivity index (χ0n) is 8.51. The van der Waals surface area contributed by atoms with Crippen molar-refractivity contribution in [3.8, 4) is 0 Å². The highest BCUT2D eigenvalue weighted by Gasteiger charge is 2.12. The summed E-state index contributed by atoms with van der Waals surface area (Å²) < 4.78 is 21.4. The van der Waals surface area contributed by atoms with Gasteiger partial charge in [0.1, 0.15) is 0 Å². The predicted octanol–water partition coefficient (Wildman–Crippen LogP) is 2.01. The van der Waals surface area contributed by atoms with E-state index in [1.165, 1.54) is 6.07 Å². The van der Waals surface area contributed by atoms with E-state index in [0.29, 0.717) is 11.1 Å². The highest BCUT2D eigenvalue weighted by atomic mass is 35.7. The maximum Gasteiger partial charge on any atom is 0.272 e. The van der Waals surface area contributed by atoms with Gasteiger partial charge < -0.3 is 0 Å². The van der Waals surface area contributed by atoms with Crippen molar-refractivity contribution in [1.29, 1.82) is 0 Å². The lowest BCUT2D eigenvalue weighted by Crippen LogP contribution is -2.02. The van der Waals surface area contributed by atoms with E-state index in [1.54, 1.807) is 19.1 Å². The number of hydrogen-bond donors (Lipinski definition) is 0. The first-order valence-corrected chi connectivity index (χ1v) is 6.94. The zero-order chi connectivity index (χ0) is 12.3. The molecule has 16 heavy (non-hydrogen) atoms. The summed E-state index contributed by atoms with van der Waals surface area (Å²) >= 11 is 0. The van der Waals surface area contributed by atoms with Crippen LogP contribution in [-0.4, -0.2) is 19.1 Å². The number of hydrogen-bond acceptors (Lipinski definition) is 4. The quantitative estimate of drug-likeness (QED) is 0.473. The van der Waals surface area contributed by atoms with E-state index < -0.39 is 14.0 Å². The first kappa shape index (κ1) is 12.9. The van der Waals surface area contributed by atoms with Crippen LogP contribution >= 0.6 is 10.7 Å². The van der Waals surface area contributed by atoms with E-state index in [2.05, 4.69) is 0 Å². The average molecular weight is 264 g/mol. The van der Waals surface area contributed by atoms with E-state index in [4.69, 9.17) is 10.7 Å². The van der Waals surface area contributed by atoms with Gasteiger partial charge in [-0.05, 0) is 18.9 Å². The Morgan fingerprint density at radius 2 is 2.06 bits per heavy atom. The Balaban J connectivity index is 2.91. The number of nitro groups is 1. The second-order valence-electron chi connectivity index (χ2n) is 3.37. The Morgan fingerprint density at radius 3 is 2.56 bits per heavy atom. The van der Waals surface area contributed by atoms with Gasteiger partial charge in [0.25, 0.3) is 5.69 Å². The highest BCUT2D eigenvalue weighted by molar-refractivity contribution is 8.13. The van der Waals surface area contributed by atoms with Gasteiger partial charge in [0, 0.05) is 22.3 Å². The third kappa shape index (κ3) is 3.79. The van der Waals surface area contributed by atoms with Crippen LogP contribution in [0.2, 0.25) is 0 Å². The zero-order valence-corrected chi connectivity index (χ0v) is 10.1. The maximum absolute atomic E-state index is 10.7. The molecule has 0 unspecified atom stereocenters. The molecule has 0 saturated heterocycles. The molecule has 1 rings (SSSR count). The minimum Gasteiger partial charge on any atom is -0.258 e. The van der Waals surface area contributed by atoms with Crippen LogP contribution in [0.25, 0.3) is 0 Å². The van der Waals surface area contributed by atoms with Gasteiger partial charge in [-0.2, -0.15) is 0 Å². The van der Waals surface area contributed by atoms with Crippen LogP contribution in [0, 0.1) is 17.0 Å². The molecule has 0 heterocycles. The van der Waals surface area contributed by atoms with Crippen LogP contribution < -0.4 is 0 Å². The Hall–Kier alpha value is -1.14. The minimum atomic E-state index is -3.56. The first-order chi connectivity index (χ1) is 7.29. The molecule has 0 N–H and O–H groups in total. The smallest absolute Gasteiger partial charge is 0.258 e. The molecule has 0 fully saturated rings. The number of rotatable bonds is 4. The Labute approximate surface area is 97.6 Å². The highest BCUT2D eigenvalue weighted by Crippen LogP contribution is 2.19. The predicted molar refractivity (Wildman–Crippen MR) is 61.2 cm³/mol. The Morgan fingerprint density at radius 1 is 1.44 bits per heavy atom. The lowest BCUT2D eigenvalue weighted by molar-refractivity contribution is -0.385. The summed E-state index contributed by atoms with van der Waals surface area (Å²) in [5.41, 5.74) is 1.12. The van der Waals surface area contributed by atoms with Gasteiger partial charge in [-0.25, -0.2) is 8.42 Å². The van der Waals surface area contributed by atoms with Crippen LogP contribution in [0.15, 0.2) is 18.2 Å². The number of aryl methyl sites for hydroxylation is 2. The summed E-state index contributed by atoms with van der Waals surface area (Å²) in [4.78, 5) is 10.1. The molecule has 0 saturated carbocycles. The van der Waals surface area contributed by atoms with Crippen LogP contribution in [0.5, 0.6) is 0 Å². The van der Waals surface area contributed by atoms with Crippen molar-refractivity contribution < 1.29 is 13.3 Å². The van der Waals surface area contributed by atoms with Crippen LogP contribution in [0.3, 0.4) is 0 Å². The molecular formula is C9H10ClNO4S. The van der Waals surface area contributed by atoms with Crippen molar-refractivity contribution in [2.45, 2.75) is 13.3 Å². The first-order valence-electron chi connectivity index (χ1n) is 4.46. The van der Waals surface area contributed by atoms with E-state index in [-0.39, 0.29) is 17.9 Å². The van der Waals surface area contributed by atoms with Gasteiger partial charge in [0.2, 0.25) is 9.05 Å². The molecular weight excluding hydrogens is 254 g/mol. The summed E-state index contributed by atoms with van der Waals surface area (Å²) in [5, 5.41) is 10.6. The van der Waals surface area contributed by atoms with E-state index in [9.17, 15) is 18.5 Å². The van der Waals surface area contributed by atoms with Crippen molar-refractivity contribution in [1.82, 2.24) is 0 Å². The van der Waals surface area contributed by atoms with Gasteiger partial charge in [0.05, 0.1) is 10.7 Å². The summed E-state index contributed by atoms with van der Waals surface area (Å²) in [5.74, 6) is -0.227. The van der Waals surface area contributed by atoms with E-state index >= 15 is 0 Å². The van der Waals surface area contributed by atoms with Gasteiger partial charge in [-0.1, -0.05) is 12.1 Å². The fourth-order valence-corrected chi connectivity index (χ4v) is 1.96. The van der Waals surface area contributed by atoms with Gasteiger partial charge in [0.15, 0.2) is 0 Å². The largest absolute Gasteiger partial charge is 0.272 e. The van der Waals surface area contributed by atoms with E-state index in [0.717, 1.165) is 0 Å². The number of benzene rings is 1. The van der Waals surface area contributed by atoms with Crippen LogP contribution in [-0.2, 0) is 15.5 Å². The SMILES string of the molecule is Cc1ccc(CCS(=O)(=O)Cl)cc1[N+](=O)[O-]. The lowest BCUT2D eigenvalue weighted by atomic mass is 10.1. The van der Waals surface area contributed by atoms with Gasteiger partial charge in [-0.3, -0.25) is 10.1 Å². The third-order valence-corrected chi connectivity index (χ3v) is 3.26. The van der Waals surface area contributed by atoms with Crippen molar-refractivity contribution in [2.24, 2.45) is 0 Å². The molecule has 0 aromatic heterocycles. The number of nitrogens with zero attached hydrogens (tertiary/aromatic N) is 1. The lowest BCUT2D eigenvalue weighted by Gasteiger charge is -2.01. The Kier molecular flexibility index (Phi) is 3.88. The van der Waals surface area contributed by atoms with Crippen LogP contribution in [0.4, 0.5) is 5.69 Å². The molecule has 0 radical (unpaired) electrons.